The molecule has 0 aliphatic carbocycles. The summed E-state index contributed by atoms with van der Waals surface area (Å²) in [5, 5.41) is 2.60. The van der Waals surface area contributed by atoms with Gasteiger partial charge in [-0.05, 0) is 52.4 Å². The Bertz CT molecular complexity index is 1400. The number of rotatable bonds is 4. The molecule has 1 aliphatic heterocycles. The van der Waals surface area contributed by atoms with Gasteiger partial charge in [0.05, 0.1) is 21.5 Å². The summed E-state index contributed by atoms with van der Waals surface area (Å²) in [6.07, 6.45) is 1.58. The lowest BCUT2D eigenvalue weighted by Gasteiger charge is -2.14. The van der Waals surface area contributed by atoms with Crippen LogP contribution in [0.1, 0.15) is 11.3 Å². The standard InChI is InChI=1S/C25H15Cl2NO3S/c26-20-10-4-9-19(23(20)27)21-12-11-17(31-21)13-22-24(29)28(25(30)32-22)14-16-7-3-6-15-5-1-2-8-18(15)16/h1-13H,14H2/b22-13+. The summed E-state index contributed by atoms with van der Waals surface area (Å²) in [6.45, 7) is 0.213. The van der Waals surface area contributed by atoms with Crippen molar-refractivity contribution in [1.82, 2.24) is 4.90 Å². The van der Waals surface area contributed by atoms with Gasteiger partial charge < -0.3 is 4.42 Å². The van der Waals surface area contributed by atoms with E-state index in [-0.39, 0.29) is 17.7 Å². The van der Waals surface area contributed by atoms with Crippen molar-refractivity contribution in [2.45, 2.75) is 6.54 Å². The minimum Gasteiger partial charge on any atom is -0.457 e. The smallest absolute Gasteiger partial charge is 0.293 e. The van der Waals surface area contributed by atoms with E-state index in [2.05, 4.69) is 0 Å². The van der Waals surface area contributed by atoms with Crippen LogP contribution in [0.5, 0.6) is 0 Å². The van der Waals surface area contributed by atoms with Gasteiger partial charge in [-0.15, -0.1) is 0 Å². The van der Waals surface area contributed by atoms with Gasteiger partial charge in [-0.3, -0.25) is 14.5 Å². The molecule has 5 rings (SSSR count). The largest absolute Gasteiger partial charge is 0.457 e. The van der Waals surface area contributed by atoms with E-state index in [0.29, 0.717) is 32.0 Å². The highest BCUT2D eigenvalue weighted by Gasteiger charge is 2.35. The predicted molar refractivity (Wildman–Crippen MR) is 130 cm³/mol. The van der Waals surface area contributed by atoms with Gasteiger partial charge in [-0.2, -0.15) is 0 Å². The molecule has 32 heavy (non-hydrogen) atoms. The monoisotopic (exact) mass is 479 g/mol. The van der Waals surface area contributed by atoms with Crippen LogP contribution in [0.25, 0.3) is 28.2 Å². The van der Waals surface area contributed by atoms with E-state index in [1.807, 2.05) is 42.5 Å². The zero-order chi connectivity index (χ0) is 22.2. The Labute approximate surface area is 198 Å². The lowest BCUT2D eigenvalue weighted by Crippen LogP contribution is -2.27. The number of halogens is 2. The van der Waals surface area contributed by atoms with Crippen LogP contribution < -0.4 is 0 Å². The first-order valence-electron chi connectivity index (χ1n) is 9.77. The average molecular weight is 480 g/mol. The minimum atomic E-state index is -0.341. The molecule has 0 saturated carbocycles. The molecule has 1 aliphatic rings. The molecule has 0 spiro atoms. The molecule has 0 unspecified atom stereocenters. The summed E-state index contributed by atoms with van der Waals surface area (Å²) in [5.41, 5.74) is 1.57. The molecular weight excluding hydrogens is 465 g/mol. The predicted octanol–water partition coefficient (Wildman–Crippen LogP) is 7.64. The van der Waals surface area contributed by atoms with Gasteiger partial charge in [0.2, 0.25) is 0 Å². The molecule has 7 heteroatoms. The van der Waals surface area contributed by atoms with Gasteiger partial charge in [0.1, 0.15) is 11.5 Å². The topological polar surface area (TPSA) is 50.5 Å². The fourth-order valence-electron chi connectivity index (χ4n) is 3.64. The second-order valence-electron chi connectivity index (χ2n) is 7.21. The lowest BCUT2D eigenvalue weighted by atomic mass is 10.0. The second kappa shape index (κ2) is 8.51. The molecule has 3 aromatic carbocycles. The summed E-state index contributed by atoms with van der Waals surface area (Å²) in [6, 6.07) is 22.5. The van der Waals surface area contributed by atoms with Crippen LogP contribution in [0.3, 0.4) is 0 Å². The minimum absolute atomic E-state index is 0.213. The number of imide groups is 1. The number of hydrogen-bond acceptors (Lipinski definition) is 4. The number of nitrogens with zero attached hydrogens (tertiary/aromatic N) is 1. The number of furan rings is 1. The molecule has 2 heterocycles. The first-order valence-corrected chi connectivity index (χ1v) is 11.3. The maximum atomic E-state index is 13.0. The van der Waals surface area contributed by atoms with Crippen molar-refractivity contribution in [3.8, 4) is 11.3 Å². The molecule has 1 saturated heterocycles. The highest BCUT2D eigenvalue weighted by Crippen LogP contribution is 2.37. The van der Waals surface area contributed by atoms with Gasteiger partial charge in [0, 0.05) is 11.6 Å². The molecule has 0 radical (unpaired) electrons. The number of thioether (sulfide) groups is 1. The third-order valence-corrected chi connectivity index (χ3v) is 6.93. The van der Waals surface area contributed by atoms with Crippen molar-refractivity contribution >= 4 is 63.0 Å². The first-order chi connectivity index (χ1) is 15.5. The molecule has 4 aromatic rings. The highest BCUT2D eigenvalue weighted by molar-refractivity contribution is 8.18. The van der Waals surface area contributed by atoms with Crippen molar-refractivity contribution in [2.75, 3.05) is 0 Å². The quantitative estimate of drug-likeness (QED) is 0.282. The lowest BCUT2D eigenvalue weighted by molar-refractivity contribution is -0.123. The van der Waals surface area contributed by atoms with Gasteiger partial charge in [-0.25, -0.2) is 0 Å². The van der Waals surface area contributed by atoms with Crippen LogP contribution in [-0.4, -0.2) is 16.0 Å². The van der Waals surface area contributed by atoms with Crippen LogP contribution in [0.15, 0.2) is 82.1 Å². The van der Waals surface area contributed by atoms with Crippen LogP contribution in [0.4, 0.5) is 4.79 Å². The molecule has 0 N–H and O–H groups in total. The third-order valence-electron chi connectivity index (χ3n) is 5.20. The fraction of sp³-hybridized carbons (Fsp3) is 0.0400. The zero-order valence-corrected chi connectivity index (χ0v) is 18.9. The molecule has 1 fully saturated rings. The van der Waals surface area contributed by atoms with Gasteiger partial charge in [0.25, 0.3) is 11.1 Å². The number of carbonyl (C=O) groups is 2. The summed E-state index contributed by atoms with van der Waals surface area (Å²) in [5.74, 6) is 0.636. The zero-order valence-electron chi connectivity index (χ0n) is 16.5. The van der Waals surface area contributed by atoms with Gasteiger partial charge >= 0.3 is 0 Å². The number of hydrogen-bond donors (Lipinski definition) is 0. The number of carbonyl (C=O) groups excluding carboxylic acids is 2. The Hall–Kier alpha value is -2.99. The van der Waals surface area contributed by atoms with Gasteiger partial charge in [-0.1, -0.05) is 71.7 Å². The Morgan fingerprint density at radius 1 is 0.906 bits per heavy atom. The number of fused-ring (bicyclic) bond motifs is 1. The van der Waals surface area contributed by atoms with E-state index in [1.165, 1.54) is 4.90 Å². The third kappa shape index (κ3) is 3.84. The van der Waals surface area contributed by atoms with E-state index < -0.39 is 0 Å². The fourth-order valence-corrected chi connectivity index (χ4v) is 4.85. The molecule has 1 aromatic heterocycles. The van der Waals surface area contributed by atoms with Crippen LogP contribution in [-0.2, 0) is 11.3 Å². The van der Waals surface area contributed by atoms with Crippen molar-refractivity contribution in [3.63, 3.8) is 0 Å². The van der Waals surface area contributed by atoms with E-state index in [0.717, 1.165) is 28.1 Å². The Balaban J connectivity index is 1.41. The first kappa shape index (κ1) is 20.9. The van der Waals surface area contributed by atoms with E-state index >= 15 is 0 Å². The Kier molecular flexibility index (Phi) is 5.55. The maximum absolute atomic E-state index is 13.0. The average Bonchev–Trinajstić information content (AvgIpc) is 3.36. The normalized spacial score (nSPS) is 15.3. The number of benzene rings is 3. The summed E-state index contributed by atoms with van der Waals surface area (Å²) < 4.78 is 5.85. The molecule has 0 bridgehead atoms. The molecule has 4 nitrogen and oxygen atoms in total. The Morgan fingerprint density at radius 2 is 1.69 bits per heavy atom. The van der Waals surface area contributed by atoms with Crippen LogP contribution in [0, 0.1) is 0 Å². The van der Waals surface area contributed by atoms with Crippen molar-refractivity contribution in [3.05, 3.63) is 99.1 Å². The molecule has 158 valence electrons. The molecule has 0 atom stereocenters. The Morgan fingerprint density at radius 3 is 2.56 bits per heavy atom. The van der Waals surface area contributed by atoms with E-state index in [1.54, 1.807) is 36.4 Å². The molecule has 2 amide bonds. The van der Waals surface area contributed by atoms with Gasteiger partial charge in [0.15, 0.2) is 0 Å². The van der Waals surface area contributed by atoms with Crippen LogP contribution in [0.2, 0.25) is 10.0 Å². The van der Waals surface area contributed by atoms with E-state index in [9.17, 15) is 9.59 Å². The van der Waals surface area contributed by atoms with E-state index in [4.69, 9.17) is 27.6 Å². The second-order valence-corrected chi connectivity index (χ2v) is 8.99. The van der Waals surface area contributed by atoms with Crippen molar-refractivity contribution in [2.24, 2.45) is 0 Å². The molecular formula is C25H15Cl2NO3S. The summed E-state index contributed by atoms with van der Waals surface area (Å²) in [7, 11) is 0. The van der Waals surface area contributed by atoms with Crippen molar-refractivity contribution < 1.29 is 14.0 Å². The maximum Gasteiger partial charge on any atom is 0.293 e. The highest BCUT2D eigenvalue weighted by atomic mass is 35.5. The van der Waals surface area contributed by atoms with Crippen molar-refractivity contribution in [1.29, 1.82) is 0 Å². The summed E-state index contributed by atoms with van der Waals surface area (Å²) in [4.78, 5) is 27.1. The summed E-state index contributed by atoms with van der Waals surface area (Å²) >= 11 is 13.3. The van der Waals surface area contributed by atoms with Crippen LogP contribution >= 0.6 is 35.0 Å². The number of amides is 2. The SMILES string of the molecule is O=C1S/C(=C/c2ccc(-c3cccc(Cl)c3Cl)o2)C(=O)N1Cc1cccc2ccccc12.